The van der Waals surface area contributed by atoms with E-state index in [0.717, 1.165) is 52.3 Å². The number of ether oxygens (including phenoxy) is 1. The molecule has 0 bridgehead atoms. The Morgan fingerprint density at radius 2 is 1.70 bits per heavy atom. The summed E-state index contributed by atoms with van der Waals surface area (Å²) in [6, 6.07) is 25.8. The summed E-state index contributed by atoms with van der Waals surface area (Å²) >= 11 is 0. The van der Waals surface area contributed by atoms with Crippen molar-refractivity contribution in [1.82, 2.24) is 4.98 Å². The second-order valence-corrected chi connectivity index (χ2v) is 7.77. The zero-order chi connectivity index (χ0) is 20.3. The van der Waals surface area contributed by atoms with Gasteiger partial charge in [-0.2, -0.15) is 0 Å². The molecule has 4 nitrogen and oxygen atoms in total. The van der Waals surface area contributed by atoms with Gasteiger partial charge in [0.05, 0.1) is 0 Å². The van der Waals surface area contributed by atoms with Gasteiger partial charge in [-0.25, -0.2) is 0 Å². The monoisotopic (exact) mass is 396 g/mol. The van der Waals surface area contributed by atoms with Crippen LogP contribution in [0.1, 0.15) is 18.4 Å². The molecule has 0 atom stereocenters. The third kappa shape index (κ3) is 3.81. The molecule has 0 unspecified atom stereocenters. The first-order chi connectivity index (χ1) is 14.8. The van der Waals surface area contributed by atoms with Crippen LogP contribution in [0.15, 0.2) is 83.7 Å². The summed E-state index contributed by atoms with van der Waals surface area (Å²) in [6.07, 6.45) is 2.44. The summed E-state index contributed by atoms with van der Waals surface area (Å²) in [5.41, 5.74) is 4.88. The maximum atomic E-state index is 12.9. The highest BCUT2D eigenvalue weighted by molar-refractivity contribution is 5.85. The third-order valence-electron chi connectivity index (χ3n) is 5.68. The van der Waals surface area contributed by atoms with Crippen LogP contribution in [0, 0.1) is 0 Å². The van der Waals surface area contributed by atoms with Gasteiger partial charge in [-0.1, -0.05) is 42.5 Å². The number of benzene rings is 3. The summed E-state index contributed by atoms with van der Waals surface area (Å²) in [7, 11) is 0. The molecule has 150 valence electrons. The molecular weight excluding hydrogens is 372 g/mol. The molecule has 1 fully saturated rings. The quantitative estimate of drug-likeness (QED) is 0.493. The minimum Gasteiger partial charge on any atom is -0.489 e. The fraction of sp³-hybridized carbons (Fsp3) is 0.192. The SMILES string of the molecule is O=c1cc(-c2cccc(OCc3ccccc3)c2)[nH]c2ccc(N3CCCC3)cc12. The van der Waals surface area contributed by atoms with E-state index in [1.165, 1.54) is 12.8 Å². The van der Waals surface area contributed by atoms with Gasteiger partial charge in [-0.15, -0.1) is 0 Å². The van der Waals surface area contributed by atoms with E-state index in [1.807, 2.05) is 66.7 Å². The predicted molar refractivity (Wildman–Crippen MR) is 122 cm³/mol. The molecule has 0 saturated carbocycles. The Morgan fingerprint density at radius 3 is 2.53 bits per heavy atom. The van der Waals surface area contributed by atoms with Crippen molar-refractivity contribution in [2.45, 2.75) is 19.4 Å². The number of pyridine rings is 1. The smallest absolute Gasteiger partial charge is 0.190 e. The van der Waals surface area contributed by atoms with Crippen LogP contribution in [-0.2, 0) is 6.61 Å². The Bertz CT molecular complexity index is 1220. The summed E-state index contributed by atoms with van der Waals surface area (Å²) in [5.74, 6) is 0.779. The minimum absolute atomic E-state index is 0.0374. The molecule has 0 amide bonds. The highest BCUT2D eigenvalue weighted by Crippen LogP contribution is 2.26. The van der Waals surface area contributed by atoms with Gasteiger partial charge in [-0.3, -0.25) is 4.79 Å². The molecule has 1 N–H and O–H groups in total. The second-order valence-electron chi connectivity index (χ2n) is 7.77. The number of nitrogens with one attached hydrogen (secondary N) is 1. The van der Waals surface area contributed by atoms with E-state index in [1.54, 1.807) is 6.07 Å². The highest BCUT2D eigenvalue weighted by Gasteiger charge is 2.14. The maximum absolute atomic E-state index is 12.9. The van der Waals surface area contributed by atoms with Crippen LogP contribution in [0.3, 0.4) is 0 Å². The van der Waals surface area contributed by atoms with Gasteiger partial charge in [0.15, 0.2) is 5.43 Å². The fourth-order valence-electron chi connectivity index (χ4n) is 4.06. The number of hydrogen-bond acceptors (Lipinski definition) is 3. The van der Waals surface area contributed by atoms with Crippen LogP contribution in [0.4, 0.5) is 5.69 Å². The van der Waals surface area contributed by atoms with Crippen molar-refractivity contribution >= 4 is 16.6 Å². The zero-order valence-electron chi connectivity index (χ0n) is 16.8. The van der Waals surface area contributed by atoms with Crippen molar-refractivity contribution in [2.75, 3.05) is 18.0 Å². The Hall–Kier alpha value is -3.53. The molecule has 0 aliphatic carbocycles. The number of H-pyrrole nitrogens is 1. The van der Waals surface area contributed by atoms with E-state index in [-0.39, 0.29) is 5.43 Å². The number of aromatic nitrogens is 1. The first-order valence-electron chi connectivity index (χ1n) is 10.5. The lowest BCUT2D eigenvalue weighted by molar-refractivity contribution is 0.306. The molecule has 5 rings (SSSR count). The average Bonchev–Trinajstić information content (AvgIpc) is 3.33. The molecule has 4 heteroatoms. The largest absolute Gasteiger partial charge is 0.489 e. The average molecular weight is 396 g/mol. The van der Waals surface area contributed by atoms with E-state index in [2.05, 4.69) is 16.0 Å². The molecule has 4 aromatic rings. The Balaban J connectivity index is 1.43. The number of anilines is 1. The molecule has 1 aromatic heterocycles. The van der Waals surface area contributed by atoms with Crippen LogP contribution in [-0.4, -0.2) is 18.1 Å². The first kappa shape index (κ1) is 18.5. The Labute approximate surface area is 175 Å². The predicted octanol–water partition coefficient (Wildman–Crippen LogP) is 5.37. The van der Waals surface area contributed by atoms with E-state index in [4.69, 9.17) is 4.74 Å². The van der Waals surface area contributed by atoms with E-state index in [9.17, 15) is 4.79 Å². The molecule has 0 radical (unpaired) electrons. The van der Waals surface area contributed by atoms with Gasteiger partial charge in [0.25, 0.3) is 0 Å². The van der Waals surface area contributed by atoms with Gasteiger partial charge in [-0.05, 0) is 48.7 Å². The molecule has 1 saturated heterocycles. The summed E-state index contributed by atoms with van der Waals surface area (Å²) in [6.45, 7) is 2.65. The summed E-state index contributed by atoms with van der Waals surface area (Å²) in [4.78, 5) is 18.6. The lowest BCUT2D eigenvalue weighted by Gasteiger charge is -2.18. The molecule has 0 spiro atoms. The van der Waals surface area contributed by atoms with Crippen LogP contribution in [0.2, 0.25) is 0 Å². The second kappa shape index (κ2) is 8.07. The van der Waals surface area contributed by atoms with Crippen molar-refractivity contribution in [1.29, 1.82) is 0 Å². The lowest BCUT2D eigenvalue weighted by Crippen LogP contribution is -2.17. The van der Waals surface area contributed by atoms with Crippen LogP contribution >= 0.6 is 0 Å². The van der Waals surface area contributed by atoms with Crippen LogP contribution in [0.5, 0.6) is 5.75 Å². The van der Waals surface area contributed by atoms with Gasteiger partial charge < -0.3 is 14.6 Å². The standard InChI is InChI=1S/C26H24N2O2/c29-26-17-25(27-24-12-11-21(16-23(24)26)28-13-4-5-14-28)20-9-6-10-22(15-20)30-18-19-7-2-1-3-8-19/h1-3,6-12,15-17H,4-5,13-14,18H2,(H,27,29). The van der Waals surface area contributed by atoms with Gasteiger partial charge in [0.1, 0.15) is 12.4 Å². The summed E-state index contributed by atoms with van der Waals surface area (Å²) in [5, 5.41) is 0.736. The van der Waals surface area contributed by atoms with Crippen molar-refractivity contribution in [2.24, 2.45) is 0 Å². The minimum atomic E-state index is 0.0374. The molecule has 1 aliphatic heterocycles. The van der Waals surface area contributed by atoms with Crippen LogP contribution in [0.25, 0.3) is 22.2 Å². The maximum Gasteiger partial charge on any atom is 0.190 e. The van der Waals surface area contributed by atoms with Crippen molar-refractivity contribution in [3.05, 3.63) is 94.6 Å². The number of nitrogens with zero attached hydrogens (tertiary/aromatic N) is 1. The highest BCUT2D eigenvalue weighted by atomic mass is 16.5. The number of hydrogen-bond donors (Lipinski definition) is 1. The van der Waals surface area contributed by atoms with Crippen molar-refractivity contribution < 1.29 is 4.74 Å². The van der Waals surface area contributed by atoms with E-state index in [0.29, 0.717) is 6.61 Å². The van der Waals surface area contributed by atoms with Gasteiger partial charge >= 0.3 is 0 Å². The topological polar surface area (TPSA) is 45.3 Å². The van der Waals surface area contributed by atoms with Crippen molar-refractivity contribution in [3.8, 4) is 17.0 Å². The summed E-state index contributed by atoms with van der Waals surface area (Å²) < 4.78 is 5.95. The van der Waals surface area contributed by atoms with Crippen LogP contribution < -0.4 is 15.1 Å². The molecular formula is C26H24N2O2. The molecule has 3 aromatic carbocycles. The van der Waals surface area contributed by atoms with Gasteiger partial charge in [0, 0.05) is 47.0 Å². The molecule has 2 heterocycles. The molecule has 1 aliphatic rings. The Morgan fingerprint density at radius 1 is 0.867 bits per heavy atom. The number of fused-ring (bicyclic) bond motifs is 1. The zero-order valence-corrected chi connectivity index (χ0v) is 16.8. The van der Waals surface area contributed by atoms with E-state index < -0.39 is 0 Å². The third-order valence-corrected chi connectivity index (χ3v) is 5.68. The normalized spacial score (nSPS) is 13.7. The van der Waals surface area contributed by atoms with E-state index >= 15 is 0 Å². The fourth-order valence-corrected chi connectivity index (χ4v) is 4.06. The Kier molecular flexibility index (Phi) is 4.98. The lowest BCUT2D eigenvalue weighted by atomic mass is 10.1. The first-order valence-corrected chi connectivity index (χ1v) is 10.5. The van der Waals surface area contributed by atoms with Crippen molar-refractivity contribution in [3.63, 3.8) is 0 Å². The number of rotatable bonds is 5. The number of aromatic amines is 1. The molecule has 30 heavy (non-hydrogen) atoms. The van der Waals surface area contributed by atoms with Gasteiger partial charge in [0.2, 0.25) is 0 Å².